The highest BCUT2D eigenvalue weighted by atomic mass is 16.5. The highest BCUT2D eigenvalue weighted by Gasteiger charge is 2.20. The molecule has 0 radical (unpaired) electrons. The van der Waals surface area contributed by atoms with Gasteiger partial charge in [-0.2, -0.15) is 0 Å². The Hall–Kier alpha value is -0.940. The maximum atomic E-state index is 5.57. The predicted octanol–water partition coefficient (Wildman–Crippen LogP) is 1.20. The van der Waals surface area contributed by atoms with Gasteiger partial charge in [0.1, 0.15) is 0 Å². The lowest BCUT2D eigenvalue weighted by molar-refractivity contribution is 0.114. The van der Waals surface area contributed by atoms with Crippen LogP contribution in [0.2, 0.25) is 0 Å². The molecule has 1 fully saturated rings. The minimum atomic E-state index is 0.738. The second kappa shape index (κ2) is 6.71. The van der Waals surface area contributed by atoms with Crippen molar-refractivity contribution in [3.8, 4) is 0 Å². The number of hydrogen-bond donors (Lipinski definition) is 1. The van der Waals surface area contributed by atoms with E-state index in [4.69, 9.17) is 4.74 Å². The molecule has 0 amide bonds. The molecule has 0 bridgehead atoms. The highest BCUT2D eigenvalue weighted by Crippen LogP contribution is 2.28. The summed E-state index contributed by atoms with van der Waals surface area (Å²) >= 11 is 0. The molecule has 5 heteroatoms. The van der Waals surface area contributed by atoms with Crippen LogP contribution in [-0.2, 0) is 17.8 Å². The quantitative estimate of drug-likeness (QED) is 0.657. The van der Waals surface area contributed by atoms with E-state index in [1.807, 2.05) is 10.9 Å². The average Bonchev–Trinajstić information content (AvgIpc) is 3.05. The van der Waals surface area contributed by atoms with Gasteiger partial charge < -0.3 is 10.1 Å². The summed E-state index contributed by atoms with van der Waals surface area (Å²) in [6, 6.07) is 0. The summed E-state index contributed by atoms with van der Waals surface area (Å²) in [5.74, 6) is 0.833. The van der Waals surface area contributed by atoms with E-state index in [2.05, 4.69) is 22.6 Å². The van der Waals surface area contributed by atoms with Crippen molar-refractivity contribution in [2.45, 2.75) is 39.3 Å². The van der Waals surface area contributed by atoms with Crippen LogP contribution in [0.1, 0.15) is 31.9 Å². The van der Waals surface area contributed by atoms with Crippen molar-refractivity contribution in [1.82, 2.24) is 20.3 Å². The van der Waals surface area contributed by atoms with Crippen molar-refractivity contribution in [2.75, 3.05) is 19.8 Å². The molecule has 1 saturated carbocycles. The molecule has 1 N–H and O–H groups in total. The number of nitrogens with zero attached hydrogens (tertiary/aromatic N) is 3. The van der Waals surface area contributed by atoms with E-state index in [1.54, 1.807) is 0 Å². The van der Waals surface area contributed by atoms with E-state index in [9.17, 15) is 0 Å². The van der Waals surface area contributed by atoms with Gasteiger partial charge in [-0.1, -0.05) is 12.1 Å². The molecule has 1 aromatic rings. The Bertz CT molecular complexity index is 322. The summed E-state index contributed by atoms with van der Waals surface area (Å²) in [5.41, 5.74) is 1.00. The largest absolute Gasteiger partial charge is 0.379 e. The number of aromatic nitrogens is 3. The Morgan fingerprint density at radius 2 is 2.41 bits per heavy atom. The molecule has 96 valence electrons. The van der Waals surface area contributed by atoms with Crippen molar-refractivity contribution in [3.63, 3.8) is 0 Å². The van der Waals surface area contributed by atoms with Gasteiger partial charge in [0, 0.05) is 19.3 Å². The first kappa shape index (κ1) is 12.5. The minimum Gasteiger partial charge on any atom is -0.379 e. The Kier molecular flexibility index (Phi) is 4.94. The third kappa shape index (κ3) is 4.83. The van der Waals surface area contributed by atoms with E-state index in [-0.39, 0.29) is 0 Å². The van der Waals surface area contributed by atoms with E-state index in [1.165, 1.54) is 12.8 Å². The number of rotatable bonds is 9. The molecule has 1 heterocycles. The van der Waals surface area contributed by atoms with Gasteiger partial charge in [0.05, 0.1) is 18.8 Å². The van der Waals surface area contributed by atoms with Crippen molar-refractivity contribution >= 4 is 0 Å². The van der Waals surface area contributed by atoms with Gasteiger partial charge in [0.2, 0.25) is 0 Å². The monoisotopic (exact) mass is 238 g/mol. The molecular formula is C12H22N4O. The van der Waals surface area contributed by atoms with E-state index >= 15 is 0 Å². The molecule has 0 unspecified atom stereocenters. The van der Waals surface area contributed by atoms with Crippen LogP contribution < -0.4 is 5.32 Å². The Morgan fingerprint density at radius 3 is 3.18 bits per heavy atom. The zero-order chi connectivity index (χ0) is 11.9. The molecule has 1 aliphatic carbocycles. The van der Waals surface area contributed by atoms with Crippen molar-refractivity contribution in [3.05, 3.63) is 11.9 Å². The zero-order valence-corrected chi connectivity index (χ0v) is 10.6. The van der Waals surface area contributed by atoms with Crippen molar-refractivity contribution < 1.29 is 4.74 Å². The second-order valence-electron chi connectivity index (χ2n) is 4.67. The van der Waals surface area contributed by atoms with Crippen LogP contribution in [0, 0.1) is 5.92 Å². The first-order valence-electron chi connectivity index (χ1n) is 6.56. The zero-order valence-electron chi connectivity index (χ0n) is 10.6. The third-order valence-corrected chi connectivity index (χ3v) is 2.83. The lowest BCUT2D eigenvalue weighted by Gasteiger charge is -2.02. The SMILES string of the molecule is CCCNCc1cn(CCOCC2CC2)nn1. The third-order valence-electron chi connectivity index (χ3n) is 2.83. The van der Waals surface area contributed by atoms with Gasteiger partial charge >= 0.3 is 0 Å². The van der Waals surface area contributed by atoms with Crippen LogP contribution in [-0.4, -0.2) is 34.8 Å². The molecule has 2 rings (SSSR count). The molecule has 1 aliphatic rings. The standard InChI is InChI=1S/C12H22N4O/c1-2-5-13-8-12-9-16(15-14-12)6-7-17-10-11-3-4-11/h9,11,13H,2-8,10H2,1H3. The smallest absolute Gasteiger partial charge is 0.0964 e. The summed E-state index contributed by atoms with van der Waals surface area (Å²) in [7, 11) is 0. The lowest BCUT2D eigenvalue weighted by Crippen LogP contribution is -2.14. The van der Waals surface area contributed by atoms with Gasteiger partial charge in [0.25, 0.3) is 0 Å². The Balaban J connectivity index is 1.59. The minimum absolute atomic E-state index is 0.738. The van der Waals surface area contributed by atoms with Crippen LogP contribution in [0.25, 0.3) is 0 Å². The van der Waals surface area contributed by atoms with Gasteiger partial charge in [-0.3, -0.25) is 0 Å². The summed E-state index contributed by atoms with van der Waals surface area (Å²) in [5, 5.41) is 11.5. The number of nitrogens with one attached hydrogen (secondary N) is 1. The molecule has 0 atom stereocenters. The van der Waals surface area contributed by atoms with Crippen LogP contribution >= 0.6 is 0 Å². The van der Waals surface area contributed by atoms with Crippen LogP contribution in [0.4, 0.5) is 0 Å². The molecular weight excluding hydrogens is 216 g/mol. The fourth-order valence-corrected chi connectivity index (χ4v) is 1.61. The molecule has 0 aromatic carbocycles. The first-order chi connectivity index (χ1) is 8.38. The summed E-state index contributed by atoms with van der Waals surface area (Å²) in [6.07, 6.45) is 5.82. The van der Waals surface area contributed by atoms with Gasteiger partial charge in [-0.05, 0) is 31.7 Å². The number of ether oxygens (including phenoxy) is 1. The molecule has 0 spiro atoms. The Labute approximate surface area is 103 Å². The van der Waals surface area contributed by atoms with E-state index < -0.39 is 0 Å². The molecule has 5 nitrogen and oxygen atoms in total. The highest BCUT2D eigenvalue weighted by molar-refractivity contribution is 4.91. The van der Waals surface area contributed by atoms with E-state index in [0.29, 0.717) is 0 Å². The van der Waals surface area contributed by atoms with Gasteiger partial charge in [-0.25, -0.2) is 4.68 Å². The van der Waals surface area contributed by atoms with Crippen LogP contribution in [0.15, 0.2) is 6.20 Å². The fraction of sp³-hybridized carbons (Fsp3) is 0.833. The molecule has 17 heavy (non-hydrogen) atoms. The van der Waals surface area contributed by atoms with Gasteiger partial charge in [-0.15, -0.1) is 5.10 Å². The molecule has 1 aromatic heterocycles. The van der Waals surface area contributed by atoms with Crippen molar-refractivity contribution in [2.24, 2.45) is 5.92 Å². The van der Waals surface area contributed by atoms with Crippen LogP contribution in [0.5, 0.6) is 0 Å². The fourth-order valence-electron chi connectivity index (χ4n) is 1.61. The second-order valence-corrected chi connectivity index (χ2v) is 4.67. The predicted molar refractivity (Wildman–Crippen MR) is 65.6 cm³/mol. The first-order valence-corrected chi connectivity index (χ1v) is 6.56. The van der Waals surface area contributed by atoms with E-state index in [0.717, 1.165) is 50.9 Å². The normalized spacial score (nSPS) is 15.4. The summed E-state index contributed by atoms with van der Waals surface area (Å²) in [6.45, 7) is 6.43. The van der Waals surface area contributed by atoms with Gasteiger partial charge in [0.15, 0.2) is 0 Å². The van der Waals surface area contributed by atoms with Crippen LogP contribution in [0.3, 0.4) is 0 Å². The average molecular weight is 238 g/mol. The summed E-state index contributed by atoms with van der Waals surface area (Å²) < 4.78 is 7.42. The maximum Gasteiger partial charge on any atom is 0.0964 e. The van der Waals surface area contributed by atoms with Crippen molar-refractivity contribution in [1.29, 1.82) is 0 Å². The molecule has 0 aliphatic heterocycles. The molecule has 0 saturated heterocycles. The topological polar surface area (TPSA) is 52.0 Å². The summed E-state index contributed by atoms with van der Waals surface area (Å²) in [4.78, 5) is 0. The maximum absolute atomic E-state index is 5.57. The lowest BCUT2D eigenvalue weighted by atomic mass is 10.4. The number of hydrogen-bond acceptors (Lipinski definition) is 4. The Morgan fingerprint density at radius 1 is 1.53 bits per heavy atom.